The summed E-state index contributed by atoms with van der Waals surface area (Å²) in [6.45, 7) is -0.407. The predicted molar refractivity (Wildman–Crippen MR) is 143 cm³/mol. The summed E-state index contributed by atoms with van der Waals surface area (Å²) in [7, 11) is 0. The number of aromatic hydroxyl groups is 1. The number of rotatable bonds is 8. The van der Waals surface area contributed by atoms with E-state index in [1.54, 1.807) is 18.2 Å². The van der Waals surface area contributed by atoms with Crippen molar-refractivity contribution in [2.45, 2.75) is 50.7 Å². The smallest absolute Gasteiger partial charge is 0.251 e. The molecule has 0 radical (unpaired) electrons. The zero-order valence-corrected chi connectivity index (χ0v) is 21.6. The number of carbonyl (C=O) groups is 2. The molecule has 1 aliphatic carbocycles. The van der Waals surface area contributed by atoms with E-state index in [2.05, 4.69) is 20.7 Å². The quantitative estimate of drug-likeness (QED) is 0.335. The Bertz CT molecular complexity index is 1470. The normalized spacial score (nSPS) is 14.4. The number of anilines is 1. The van der Waals surface area contributed by atoms with Gasteiger partial charge in [-0.2, -0.15) is 4.80 Å². The third kappa shape index (κ3) is 6.31. The minimum atomic E-state index is -1.17. The Morgan fingerprint density at radius 2 is 1.70 bits per heavy atom. The molecule has 2 amide bonds. The van der Waals surface area contributed by atoms with Crippen molar-refractivity contribution in [2.24, 2.45) is 0 Å². The first-order chi connectivity index (χ1) is 19.4. The number of nitrogens with one attached hydrogen (secondary N) is 1. The number of nitrogens with zero attached hydrogens (tertiary/aromatic N) is 5. The Morgan fingerprint density at radius 3 is 2.40 bits per heavy atom. The molecule has 5 rings (SSSR count). The van der Waals surface area contributed by atoms with Crippen LogP contribution in [0.3, 0.4) is 0 Å². The van der Waals surface area contributed by atoms with Crippen LogP contribution < -0.4 is 10.2 Å². The molecular formula is C29H28F2N6O3. The number of carbonyl (C=O) groups excluding carboxylic acids is 2. The van der Waals surface area contributed by atoms with Crippen molar-refractivity contribution in [3.8, 4) is 17.1 Å². The van der Waals surface area contributed by atoms with Crippen LogP contribution in [-0.2, 0) is 16.1 Å². The van der Waals surface area contributed by atoms with Crippen LogP contribution in [0.25, 0.3) is 11.4 Å². The van der Waals surface area contributed by atoms with Crippen LogP contribution in [-0.4, -0.2) is 43.2 Å². The molecule has 9 nitrogen and oxygen atoms in total. The summed E-state index contributed by atoms with van der Waals surface area (Å²) < 4.78 is 27.7. The maximum atomic E-state index is 14.4. The lowest BCUT2D eigenvalue weighted by molar-refractivity contribution is -0.127. The average Bonchev–Trinajstić information content (AvgIpc) is 3.41. The maximum Gasteiger partial charge on any atom is 0.251 e. The molecule has 0 spiro atoms. The molecule has 3 aromatic carbocycles. The maximum absolute atomic E-state index is 14.4. The fourth-order valence-corrected chi connectivity index (χ4v) is 4.89. The molecule has 0 bridgehead atoms. The number of phenolic OH excluding ortho intramolecular Hbond substituents is 1. The van der Waals surface area contributed by atoms with E-state index in [-0.39, 0.29) is 23.3 Å². The van der Waals surface area contributed by atoms with Crippen LogP contribution >= 0.6 is 0 Å². The molecule has 40 heavy (non-hydrogen) atoms. The van der Waals surface area contributed by atoms with E-state index in [1.807, 2.05) is 0 Å². The Hall–Kier alpha value is -4.67. The predicted octanol–water partition coefficient (Wildman–Crippen LogP) is 4.55. The molecule has 1 saturated carbocycles. The highest BCUT2D eigenvalue weighted by Gasteiger charge is 2.34. The summed E-state index contributed by atoms with van der Waals surface area (Å²) in [5.74, 6) is -1.82. The van der Waals surface area contributed by atoms with Crippen molar-refractivity contribution in [3.63, 3.8) is 0 Å². The minimum Gasteiger partial charge on any atom is -0.508 e. The lowest BCUT2D eigenvalue weighted by Gasteiger charge is -2.33. The largest absolute Gasteiger partial charge is 0.508 e. The summed E-state index contributed by atoms with van der Waals surface area (Å²) in [4.78, 5) is 30.0. The molecule has 0 aliphatic heterocycles. The third-order valence-electron chi connectivity index (χ3n) is 6.85. The van der Waals surface area contributed by atoms with Crippen molar-refractivity contribution in [1.82, 2.24) is 25.5 Å². The molecule has 4 aromatic rings. The van der Waals surface area contributed by atoms with E-state index in [0.29, 0.717) is 11.1 Å². The Balaban J connectivity index is 1.50. The number of tetrazole rings is 1. The van der Waals surface area contributed by atoms with E-state index in [1.165, 1.54) is 59.5 Å². The summed E-state index contributed by atoms with van der Waals surface area (Å²) >= 11 is 0. The van der Waals surface area contributed by atoms with Crippen molar-refractivity contribution in [3.05, 3.63) is 90.0 Å². The van der Waals surface area contributed by atoms with Gasteiger partial charge in [0.05, 0.1) is 0 Å². The van der Waals surface area contributed by atoms with E-state index in [0.717, 1.165) is 36.9 Å². The number of halogens is 2. The molecule has 1 aromatic heterocycles. The minimum absolute atomic E-state index is 0.000964. The molecular weight excluding hydrogens is 518 g/mol. The number of benzene rings is 3. The molecule has 1 atom stereocenters. The first-order valence-electron chi connectivity index (χ1n) is 13.1. The Labute approximate surface area is 229 Å². The van der Waals surface area contributed by atoms with Gasteiger partial charge in [0.1, 0.15) is 30.0 Å². The fraction of sp³-hybridized carbons (Fsp3) is 0.276. The molecule has 1 unspecified atom stereocenters. The Kier molecular flexibility index (Phi) is 8.09. The lowest BCUT2D eigenvalue weighted by atomic mass is 9.94. The third-order valence-corrected chi connectivity index (χ3v) is 6.85. The van der Waals surface area contributed by atoms with Crippen LogP contribution in [0, 0.1) is 11.6 Å². The highest BCUT2D eigenvalue weighted by Crippen LogP contribution is 2.31. The zero-order chi connectivity index (χ0) is 28.1. The van der Waals surface area contributed by atoms with Crippen LogP contribution in [0.1, 0.15) is 43.7 Å². The van der Waals surface area contributed by atoms with Gasteiger partial charge in [-0.05, 0) is 78.2 Å². The average molecular weight is 547 g/mol. The van der Waals surface area contributed by atoms with Crippen molar-refractivity contribution in [1.29, 1.82) is 0 Å². The number of hydrogen-bond acceptors (Lipinski definition) is 6. The second-order valence-corrected chi connectivity index (χ2v) is 9.73. The monoisotopic (exact) mass is 546 g/mol. The first kappa shape index (κ1) is 26.9. The summed E-state index contributed by atoms with van der Waals surface area (Å²) in [5, 5.41) is 25.1. The van der Waals surface area contributed by atoms with Crippen LogP contribution in [0.2, 0.25) is 0 Å². The van der Waals surface area contributed by atoms with Gasteiger partial charge in [-0.25, -0.2) is 8.78 Å². The van der Waals surface area contributed by atoms with E-state index >= 15 is 0 Å². The SMILES string of the molecule is O=C(NC1CCCCC1)C(c1ccc(O)cc1)N(C(=O)Cn1nnc(-c2ccc(F)cc2)n1)c1cccc(F)c1. The molecule has 11 heteroatoms. The highest BCUT2D eigenvalue weighted by atomic mass is 19.1. The molecule has 1 aliphatic rings. The summed E-state index contributed by atoms with van der Waals surface area (Å²) in [5.41, 5.74) is 1.11. The van der Waals surface area contributed by atoms with Crippen molar-refractivity contribution >= 4 is 17.5 Å². The fourth-order valence-electron chi connectivity index (χ4n) is 4.89. The van der Waals surface area contributed by atoms with Gasteiger partial charge in [0, 0.05) is 17.3 Å². The van der Waals surface area contributed by atoms with Gasteiger partial charge < -0.3 is 10.4 Å². The standard InChI is InChI=1S/C29H28F2N6O3/c30-21-13-9-20(10-14-21)28-33-35-36(34-28)18-26(39)37(24-8-4-5-22(31)17-24)27(19-11-15-25(38)16-12-19)29(40)32-23-6-2-1-3-7-23/h4-5,8-17,23,27,38H,1-3,6-7,18H2,(H,32,40). The number of aromatic nitrogens is 4. The highest BCUT2D eigenvalue weighted by molar-refractivity contribution is 6.01. The Morgan fingerprint density at radius 1 is 0.975 bits per heavy atom. The molecule has 1 heterocycles. The van der Waals surface area contributed by atoms with Crippen LogP contribution in [0.5, 0.6) is 5.75 Å². The molecule has 206 valence electrons. The molecule has 1 fully saturated rings. The van der Waals surface area contributed by atoms with Crippen molar-refractivity contribution in [2.75, 3.05) is 4.90 Å². The van der Waals surface area contributed by atoms with E-state index in [4.69, 9.17) is 0 Å². The molecule has 2 N–H and O–H groups in total. The topological polar surface area (TPSA) is 113 Å². The van der Waals surface area contributed by atoms with E-state index in [9.17, 15) is 23.5 Å². The van der Waals surface area contributed by atoms with Crippen molar-refractivity contribution < 1.29 is 23.5 Å². The van der Waals surface area contributed by atoms with Gasteiger partial charge in [-0.15, -0.1) is 10.2 Å². The van der Waals surface area contributed by atoms with Gasteiger partial charge in [0.25, 0.3) is 5.91 Å². The van der Waals surface area contributed by atoms with Crippen LogP contribution in [0.15, 0.2) is 72.8 Å². The second-order valence-electron chi connectivity index (χ2n) is 9.73. The first-order valence-corrected chi connectivity index (χ1v) is 13.1. The zero-order valence-electron chi connectivity index (χ0n) is 21.6. The number of phenols is 1. The summed E-state index contributed by atoms with van der Waals surface area (Å²) in [6, 6.07) is 15.7. The van der Waals surface area contributed by atoms with Gasteiger partial charge >= 0.3 is 0 Å². The van der Waals surface area contributed by atoms with Crippen LogP contribution in [0.4, 0.5) is 14.5 Å². The van der Waals surface area contributed by atoms with Gasteiger partial charge in [0.15, 0.2) is 0 Å². The summed E-state index contributed by atoms with van der Waals surface area (Å²) in [6.07, 6.45) is 4.76. The van der Waals surface area contributed by atoms with Gasteiger partial charge in [0.2, 0.25) is 11.7 Å². The number of hydrogen-bond donors (Lipinski definition) is 2. The van der Waals surface area contributed by atoms with Gasteiger partial charge in [-0.1, -0.05) is 37.5 Å². The molecule has 0 saturated heterocycles. The lowest BCUT2D eigenvalue weighted by Crippen LogP contribution is -2.48. The number of amides is 2. The second kappa shape index (κ2) is 12.0. The van der Waals surface area contributed by atoms with Gasteiger partial charge in [-0.3, -0.25) is 14.5 Å². The van der Waals surface area contributed by atoms with E-state index < -0.39 is 36.0 Å².